The number of carbonyl (C=O) groups excluding carboxylic acids is 6. The molecule has 0 radical (unpaired) electrons. The monoisotopic (exact) mass is 699 g/mol. The van der Waals surface area contributed by atoms with Gasteiger partial charge in [-0.1, -0.05) is 108 Å². The number of nitrogens with zero attached hydrogens (tertiary/aromatic N) is 1. The Bertz CT molecular complexity index is 1090. The number of primary amides is 1. The molecule has 4 amide bonds. The van der Waals surface area contributed by atoms with Gasteiger partial charge < -0.3 is 30.8 Å². The molecular formula is C35H65N5O7S. The second-order valence-corrected chi connectivity index (χ2v) is 16.6. The molecule has 0 aromatic heterocycles. The van der Waals surface area contributed by atoms with E-state index in [0.29, 0.717) is 18.9 Å². The van der Waals surface area contributed by atoms with Crippen LogP contribution in [-0.2, 0) is 28.7 Å². The first kappa shape index (κ1) is 45.3. The second kappa shape index (κ2) is 19.5. The summed E-state index contributed by atoms with van der Waals surface area (Å²) < 4.78 is 8.01. The lowest BCUT2D eigenvalue weighted by Gasteiger charge is -2.36. The Morgan fingerprint density at radius 3 is 1.75 bits per heavy atom. The van der Waals surface area contributed by atoms with Crippen molar-refractivity contribution in [1.82, 2.24) is 20.3 Å². The highest BCUT2D eigenvalue weighted by atomic mass is 32.1. The largest absolute Gasteiger partial charge is 0.458 e. The highest BCUT2D eigenvalue weighted by Gasteiger charge is 2.45. The molecule has 0 spiro atoms. The minimum absolute atomic E-state index is 0.0448. The van der Waals surface area contributed by atoms with Crippen molar-refractivity contribution in [2.24, 2.45) is 34.3 Å². The fourth-order valence-electron chi connectivity index (χ4n) is 5.21. The van der Waals surface area contributed by atoms with Crippen molar-refractivity contribution in [2.45, 2.75) is 152 Å². The summed E-state index contributed by atoms with van der Waals surface area (Å²) in [6.07, 6.45) is 6.22. The highest BCUT2D eigenvalue weighted by molar-refractivity contribution is 7.78. The van der Waals surface area contributed by atoms with Gasteiger partial charge in [0.15, 0.2) is 0 Å². The molecule has 0 aromatic rings. The van der Waals surface area contributed by atoms with Crippen LogP contribution in [-0.4, -0.2) is 77.1 Å². The van der Waals surface area contributed by atoms with Gasteiger partial charge in [-0.3, -0.25) is 19.1 Å². The lowest BCUT2D eigenvalue weighted by Crippen LogP contribution is -2.61. The molecule has 12 nitrogen and oxygen atoms in total. The molecular weight excluding hydrogens is 634 g/mol. The third kappa shape index (κ3) is 14.8. The maximum Gasteiger partial charge on any atom is 0.329 e. The number of carbonyl (C=O) groups is 6. The Balaban J connectivity index is 0.00000114. The van der Waals surface area contributed by atoms with E-state index in [9.17, 15) is 28.8 Å². The quantitative estimate of drug-likeness (QED) is 0.0952. The van der Waals surface area contributed by atoms with Crippen LogP contribution in [0, 0.1) is 28.6 Å². The lowest BCUT2D eigenvalue weighted by molar-refractivity contribution is -0.160. The SMILES string of the molecule is CC1CN(C(=O)C(NC(=O)NC(C(=O)OC(C)(C)C)C(C)(C)C)C(C)(C)C)C(C=O)C1C.CCC.NC(=O)C(=O)C(CC1CCC1)NS. The van der Waals surface area contributed by atoms with Gasteiger partial charge in [0.25, 0.3) is 5.91 Å². The van der Waals surface area contributed by atoms with Crippen LogP contribution >= 0.6 is 12.8 Å². The third-order valence-electron chi connectivity index (χ3n) is 8.38. The van der Waals surface area contributed by atoms with Gasteiger partial charge in [0.05, 0.1) is 12.1 Å². The van der Waals surface area contributed by atoms with Gasteiger partial charge in [-0.25, -0.2) is 9.59 Å². The van der Waals surface area contributed by atoms with Crippen molar-refractivity contribution in [3.63, 3.8) is 0 Å². The van der Waals surface area contributed by atoms with Gasteiger partial charge in [-0.2, -0.15) is 0 Å². The van der Waals surface area contributed by atoms with Crippen molar-refractivity contribution in [1.29, 1.82) is 0 Å². The molecule has 6 unspecified atom stereocenters. The molecule has 1 saturated heterocycles. The van der Waals surface area contributed by atoms with Crippen LogP contribution < -0.4 is 21.1 Å². The Hall–Kier alpha value is -2.67. The van der Waals surface area contributed by atoms with Gasteiger partial charge in [0, 0.05) is 6.54 Å². The second-order valence-electron chi connectivity index (χ2n) is 16.4. The molecule has 1 aliphatic heterocycles. The van der Waals surface area contributed by atoms with E-state index >= 15 is 0 Å². The Labute approximate surface area is 294 Å². The number of esters is 1. The van der Waals surface area contributed by atoms with E-state index < -0.39 is 64.3 Å². The van der Waals surface area contributed by atoms with Crippen LogP contribution in [0.1, 0.15) is 122 Å². The Morgan fingerprint density at radius 2 is 1.40 bits per heavy atom. The first-order chi connectivity index (χ1) is 21.9. The average Bonchev–Trinajstić information content (AvgIpc) is 3.20. The number of rotatable bonds is 10. The molecule has 2 fully saturated rings. The lowest BCUT2D eigenvalue weighted by atomic mass is 9.80. The van der Waals surface area contributed by atoms with Gasteiger partial charge in [0.2, 0.25) is 11.7 Å². The molecule has 1 saturated carbocycles. The predicted octanol–water partition coefficient (Wildman–Crippen LogP) is 4.59. The van der Waals surface area contributed by atoms with Crippen LogP contribution in [0.25, 0.3) is 0 Å². The number of ketones is 1. The predicted molar refractivity (Wildman–Crippen MR) is 192 cm³/mol. The fraction of sp³-hybridized carbons (Fsp3) is 0.829. The molecule has 1 aliphatic carbocycles. The minimum Gasteiger partial charge on any atom is -0.458 e. The van der Waals surface area contributed by atoms with Crippen LogP contribution in [0.15, 0.2) is 0 Å². The Kier molecular flexibility index (Phi) is 18.4. The van der Waals surface area contributed by atoms with Gasteiger partial charge in [-0.05, 0) is 55.8 Å². The molecule has 48 heavy (non-hydrogen) atoms. The van der Waals surface area contributed by atoms with Crippen molar-refractivity contribution in [2.75, 3.05) is 6.54 Å². The van der Waals surface area contributed by atoms with E-state index in [1.807, 2.05) is 55.4 Å². The molecule has 2 rings (SSSR count). The number of thiol groups is 1. The van der Waals surface area contributed by atoms with Gasteiger partial charge in [0.1, 0.15) is 24.0 Å². The summed E-state index contributed by atoms with van der Waals surface area (Å²) in [5, 5.41) is 5.47. The summed E-state index contributed by atoms with van der Waals surface area (Å²) in [7, 11) is 0. The molecule has 13 heteroatoms. The zero-order chi connectivity index (χ0) is 37.8. The normalized spacial score (nSPS) is 21.5. The first-order valence-electron chi connectivity index (χ1n) is 17.1. The van der Waals surface area contributed by atoms with E-state index in [1.165, 1.54) is 12.8 Å². The number of amides is 4. The van der Waals surface area contributed by atoms with E-state index in [4.69, 9.17) is 10.5 Å². The van der Waals surface area contributed by atoms with Gasteiger partial charge in [-0.15, -0.1) is 0 Å². The standard InChI is InChI=1S/C24H43N3O5.C8H14N2O2S.C3H8/c1-14-12-27(16(13-28)15(14)2)19(29)17(22(3,4)5)25-21(31)26-18(23(6,7)8)20(30)32-24(9,10)11;9-8(12)7(11)6(10-13)4-5-2-1-3-5;1-3-2/h13-18H,12H2,1-11H3,(H2,25,26,31);5-6,10,13H,1-4H2,(H2,9,12);3H2,1-2H3. The molecule has 0 aromatic carbocycles. The van der Waals surface area contributed by atoms with Gasteiger partial charge >= 0.3 is 12.0 Å². The topological polar surface area (TPSA) is 177 Å². The van der Waals surface area contributed by atoms with E-state index in [2.05, 4.69) is 42.0 Å². The zero-order valence-corrected chi connectivity index (χ0v) is 32.6. The number of nitrogens with one attached hydrogen (secondary N) is 3. The molecule has 1 heterocycles. The molecule has 2 aliphatic rings. The highest BCUT2D eigenvalue weighted by Crippen LogP contribution is 2.32. The molecule has 278 valence electrons. The van der Waals surface area contributed by atoms with E-state index in [-0.39, 0.29) is 17.7 Å². The molecule has 6 atom stereocenters. The van der Waals surface area contributed by atoms with Crippen LogP contribution in [0.2, 0.25) is 0 Å². The molecule has 5 N–H and O–H groups in total. The van der Waals surface area contributed by atoms with E-state index in [1.54, 1.807) is 25.7 Å². The summed E-state index contributed by atoms with van der Waals surface area (Å²) in [6.45, 7) is 25.0. The van der Waals surface area contributed by atoms with E-state index in [0.717, 1.165) is 19.1 Å². The number of aldehydes is 1. The van der Waals surface area contributed by atoms with Crippen LogP contribution in [0.3, 0.4) is 0 Å². The Morgan fingerprint density at radius 1 is 0.917 bits per heavy atom. The van der Waals surface area contributed by atoms with Crippen molar-refractivity contribution in [3.8, 4) is 0 Å². The minimum atomic E-state index is -0.910. The number of ether oxygens (including phenoxy) is 1. The maximum absolute atomic E-state index is 13.4. The van der Waals surface area contributed by atoms with Crippen molar-refractivity contribution >= 4 is 48.7 Å². The first-order valence-corrected chi connectivity index (χ1v) is 17.6. The number of nitrogens with two attached hydrogens (primary N) is 1. The smallest absolute Gasteiger partial charge is 0.329 e. The summed E-state index contributed by atoms with van der Waals surface area (Å²) in [5.74, 6) is -1.52. The average molecular weight is 700 g/mol. The number of hydrogen-bond acceptors (Lipinski definition) is 9. The number of Topliss-reactive ketones (excluding diaryl/α,β-unsaturated/α-hetero) is 1. The summed E-state index contributed by atoms with van der Waals surface area (Å²) in [5.41, 5.74) is 2.97. The third-order valence-corrected chi connectivity index (χ3v) is 8.70. The van der Waals surface area contributed by atoms with Crippen molar-refractivity contribution < 1.29 is 33.5 Å². The van der Waals surface area contributed by atoms with Crippen LogP contribution in [0.5, 0.6) is 0 Å². The summed E-state index contributed by atoms with van der Waals surface area (Å²) >= 11 is 3.81. The summed E-state index contributed by atoms with van der Waals surface area (Å²) in [6, 6.07) is -3.44. The molecule has 0 bridgehead atoms. The maximum atomic E-state index is 13.4. The summed E-state index contributed by atoms with van der Waals surface area (Å²) in [4.78, 5) is 74.1. The van der Waals surface area contributed by atoms with Crippen LogP contribution in [0.4, 0.5) is 4.79 Å². The fourth-order valence-corrected chi connectivity index (χ4v) is 5.44. The number of urea groups is 1. The zero-order valence-electron chi connectivity index (χ0n) is 31.7. The van der Waals surface area contributed by atoms with Crippen molar-refractivity contribution in [3.05, 3.63) is 0 Å². The number of likely N-dealkylation sites (tertiary alicyclic amines) is 1. The number of hydrogen-bond donors (Lipinski definition) is 5.